The molecule has 0 saturated carbocycles. The molecule has 0 aliphatic heterocycles. The van der Waals surface area contributed by atoms with Gasteiger partial charge in [-0.25, -0.2) is 0 Å². The molecule has 0 atom stereocenters. The number of Topliss-reactive ketones (excluding diaryl/α,β-unsaturated/α-hetero) is 1. The van der Waals surface area contributed by atoms with Gasteiger partial charge in [0, 0.05) is 6.20 Å². The van der Waals surface area contributed by atoms with Gasteiger partial charge in [0.2, 0.25) is 0 Å². The number of alkyl halides is 1. The van der Waals surface area contributed by atoms with E-state index >= 15 is 0 Å². The number of ketones is 1. The summed E-state index contributed by atoms with van der Waals surface area (Å²) in [6.07, 6.45) is 1.61. The number of nitrogens with zero attached hydrogens (tertiary/aromatic N) is 1. The smallest absolute Gasteiger partial charge is 0.191 e. The van der Waals surface area contributed by atoms with Crippen LogP contribution in [0, 0.1) is 0 Å². The summed E-state index contributed by atoms with van der Waals surface area (Å²) in [6, 6.07) is 5.28. The Balaban J connectivity index is 0.000001000. The molecule has 1 aromatic heterocycles. The lowest BCUT2D eigenvalue weighted by Gasteiger charge is -1.91. The van der Waals surface area contributed by atoms with Crippen LogP contribution in [0.4, 0.5) is 0 Å². The second kappa shape index (κ2) is 5.27. The number of carbonyl (C=O) groups excluding carboxylic acids is 1. The Labute approximate surface area is 79.6 Å². The molecule has 0 spiro atoms. The van der Waals surface area contributed by atoms with Crippen LogP contribution >= 0.6 is 28.3 Å². The van der Waals surface area contributed by atoms with Crippen molar-refractivity contribution >= 4 is 34.1 Å². The molecule has 0 radical (unpaired) electrons. The minimum atomic E-state index is 0. The van der Waals surface area contributed by atoms with Crippen LogP contribution in [-0.4, -0.2) is 16.1 Å². The standard InChI is InChI=1S/C7H6BrNO.ClH/c8-5-7(10)6-3-1-2-4-9-6;/h1-4H,5H2;1H. The van der Waals surface area contributed by atoms with E-state index in [2.05, 4.69) is 20.9 Å². The van der Waals surface area contributed by atoms with Crippen LogP contribution in [0.2, 0.25) is 0 Å². The Bertz CT molecular complexity index is 227. The predicted octanol–water partition coefficient (Wildman–Crippen LogP) is 2.08. The molecule has 0 N–H and O–H groups in total. The normalized spacial score (nSPS) is 8.45. The molecule has 1 heterocycles. The Kier molecular flexibility index (Phi) is 5.07. The van der Waals surface area contributed by atoms with E-state index in [0.717, 1.165) is 0 Å². The van der Waals surface area contributed by atoms with Gasteiger partial charge in [0.25, 0.3) is 0 Å². The SMILES string of the molecule is Cl.O=C(CBr)c1ccccn1. The summed E-state index contributed by atoms with van der Waals surface area (Å²) < 4.78 is 0. The van der Waals surface area contributed by atoms with Crippen molar-refractivity contribution in [2.75, 3.05) is 5.33 Å². The van der Waals surface area contributed by atoms with Gasteiger partial charge in [-0.15, -0.1) is 12.4 Å². The number of carbonyl (C=O) groups is 1. The van der Waals surface area contributed by atoms with Crippen molar-refractivity contribution in [1.29, 1.82) is 0 Å². The lowest BCUT2D eigenvalue weighted by atomic mass is 10.3. The van der Waals surface area contributed by atoms with Crippen molar-refractivity contribution < 1.29 is 4.79 Å². The number of hydrogen-bond acceptors (Lipinski definition) is 2. The molecule has 0 amide bonds. The van der Waals surface area contributed by atoms with Crippen LogP contribution in [0.25, 0.3) is 0 Å². The first kappa shape index (κ1) is 10.6. The van der Waals surface area contributed by atoms with Gasteiger partial charge in [-0.05, 0) is 12.1 Å². The summed E-state index contributed by atoms with van der Waals surface area (Å²) in [4.78, 5) is 14.8. The number of rotatable bonds is 2. The van der Waals surface area contributed by atoms with Crippen LogP contribution in [0.5, 0.6) is 0 Å². The quantitative estimate of drug-likeness (QED) is 0.581. The lowest BCUT2D eigenvalue weighted by Crippen LogP contribution is -2.01. The molecule has 0 aromatic carbocycles. The zero-order valence-electron chi connectivity index (χ0n) is 5.66. The third-order valence-corrected chi connectivity index (χ3v) is 1.58. The van der Waals surface area contributed by atoms with Crippen molar-refractivity contribution in [2.24, 2.45) is 0 Å². The van der Waals surface area contributed by atoms with Gasteiger partial charge in [-0.1, -0.05) is 22.0 Å². The van der Waals surface area contributed by atoms with E-state index in [1.165, 1.54) is 0 Å². The lowest BCUT2D eigenvalue weighted by molar-refractivity contribution is 0.101. The number of aromatic nitrogens is 1. The number of hydrogen-bond donors (Lipinski definition) is 0. The average Bonchev–Trinajstić information content (AvgIpc) is 2.05. The zero-order chi connectivity index (χ0) is 7.40. The Hall–Kier alpha value is -0.410. The number of halogens is 2. The second-order valence-corrected chi connectivity index (χ2v) is 2.33. The van der Waals surface area contributed by atoms with E-state index in [1.54, 1.807) is 24.4 Å². The third-order valence-electron chi connectivity index (χ3n) is 1.07. The maximum atomic E-state index is 10.9. The maximum absolute atomic E-state index is 10.9. The Morgan fingerprint density at radius 1 is 1.55 bits per heavy atom. The molecule has 0 saturated heterocycles. The Morgan fingerprint density at radius 3 is 2.73 bits per heavy atom. The van der Waals surface area contributed by atoms with Crippen LogP contribution in [0.1, 0.15) is 10.5 Å². The fraction of sp³-hybridized carbons (Fsp3) is 0.143. The molecule has 2 nitrogen and oxygen atoms in total. The largest absolute Gasteiger partial charge is 0.291 e. The van der Waals surface area contributed by atoms with E-state index in [0.29, 0.717) is 11.0 Å². The highest BCUT2D eigenvalue weighted by Gasteiger charge is 2.01. The van der Waals surface area contributed by atoms with Gasteiger partial charge < -0.3 is 0 Å². The molecular formula is C7H7BrClNO. The average molecular weight is 236 g/mol. The third kappa shape index (κ3) is 2.99. The highest BCUT2D eigenvalue weighted by Crippen LogP contribution is 1.96. The van der Waals surface area contributed by atoms with E-state index in [4.69, 9.17) is 0 Å². The van der Waals surface area contributed by atoms with Crippen LogP contribution in [-0.2, 0) is 0 Å². The molecule has 60 valence electrons. The fourth-order valence-electron chi connectivity index (χ4n) is 0.596. The van der Waals surface area contributed by atoms with Crippen molar-refractivity contribution in [3.8, 4) is 0 Å². The first-order valence-corrected chi connectivity index (χ1v) is 3.97. The minimum absolute atomic E-state index is 0. The summed E-state index contributed by atoms with van der Waals surface area (Å²) in [7, 11) is 0. The van der Waals surface area contributed by atoms with Gasteiger partial charge in [-0.2, -0.15) is 0 Å². The van der Waals surface area contributed by atoms with Crippen molar-refractivity contribution in [2.45, 2.75) is 0 Å². The van der Waals surface area contributed by atoms with E-state index in [9.17, 15) is 4.79 Å². The summed E-state index contributed by atoms with van der Waals surface area (Å²) in [5.74, 6) is 0.0144. The second-order valence-electron chi connectivity index (χ2n) is 1.77. The molecule has 0 fully saturated rings. The molecule has 1 rings (SSSR count). The number of pyridine rings is 1. The summed E-state index contributed by atoms with van der Waals surface area (Å²) in [6.45, 7) is 0. The first-order chi connectivity index (χ1) is 4.84. The van der Waals surface area contributed by atoms with Crippen molar-refractivity contribution in [3.63, 3.8) is 0 Å². The van der Waals surface area contributed by atoms with Gasteiger partial charge in [0.1, 0.15) is 5.69 Å². The van der Waals surface area contributed by atoms with Gasteiger partial charge in [-0.3, -0.25) is 9.78 Å². The summed E-state index contributed by atoms with van der Waals surface area (Å²) in [5.41, 5.74) is 0.513. The fourth-order valence-corrected chi connectivity index (χ4v) is 0.883. The van der Waals surface area contributed by atoms with Crippen molar-refractivity contribution in [3.05, 3.63) is 30.1 Å². The Morgan fingerprint density at radius 2 is 2.27 bits per heavy atom. The molecule has 11 heavy (non-hydrogen) atoms. The minimum Gasteiger partial charge on any atom is -0.291 e. The monoisotopic (exact) mass is 235 g/mol. The maximum Gasteiger partial charge on any atom is 0.191 e. The highest BCUT2D eigenvalue weighted by atomic mass is 79.9. The van der Waals surface area contributed by atoms with E-state index in [1.807, 2.05) is 0 Å². The first-order valence-electron chi connectivity index (χ1n) is 2.85. The van der Waals surface area contributed by atoms with E-state index in [-0.39, 0.29) is 18.2 Å². The molecule has 4 heteroatoms. The molecule has 0 aliphatic rings. The van der Waals surface area contributed by atoms with Gasteiger partial charge in [0.05, 0.1) is 5.33 Å². The molecule has 0 aliphatic carbocycles. The van der Waals surface area contributed by atoms with Gasteiger partial charge in [0.15, 0.2) is 5.78 Å². The zero-order valence-corrected chi connectivity index (χ0v) is 8.06. The van der Waals surface area contributed by atoms with Crippen LogP contribution in [0.3, 0.4) is 0 Å². The molecule has 1 aromatic rings. The topological polar surface area (TPSA) is 30.0 Å². The van der Waals surface area contributed by atoms with Crippen molar-refractivity contribution in [1.82, 2.24) is 4.98 Å². The predicted molar refractivity (Wildman–Crippen MR) is 49.6 cm³/mol. The highest BCUT2D eigenvalue weighted by molar-refractivity contribution is 9.09. The van der Waals surface area contributed by atoms with E-state index < -0.39 is 0 Å². The summed E-state index contributed by atoms with van der Waals surface area (Å²) >= 11 is 3.06. The van der Waals surface area contributed by atoms with Gasteiger partial charge >= 0.3 is 0 Å². The van der Waals surface area contributed by atoms with Crippen LogP contribution in [0.15, 0.2) is 24.4 Å². The molecule has 0 bridgehead atoms. The molecular weight excluding hydrogens is 229 g/mol. The molecule has 0 unspecified atom stereocenters. The van der Waals surface area contributed by atoms with Crippen LogP contribution < -0.4 is 0 Å². The summed E-state index contributed by atoms with van der Waals surface area (Å²) in [5, 5.41) is 0.337.